The molecule has 0 spiro atoms. The van der Waals surface area contributed by atoms with Crippen LogP contribution in [0.2, 0.25) is 10.0 Å². The molecular formula is C28H29Cl2N3. The van der Waals surface area contributed by atoms with E-state index >= 15 is 0 Å². The van der Waals surface area contributed by atoms with Gasteiger partial charge < -0.3 is 4.57 Å². The van der Waals surface area contributed by atoms with Gasteiger partial charge in [0.2, 0.25) is 0 Å². The van der Waals surface area contributed by atoms with Crippen LogP contribution in [0.25, 0.3) is 0 Å². The van der Waals surface area contributed by atoms with Crippen LogP contribution >= 0.6 is 23.2 Å². The lowest BCUT2D eigenvalue weighted by Gasteiger charge is -2.46. The summed E-state index contributed by atoms with van der Waals surface area (Å²) >= 11 is 13.5. The first kappa shape index (κ1) is 23.6. The van der Waals surface area contributed by atoms with Gasteiger partial charge in [-0.25, -0.2) is 4.98 Å². The van der Waals surface area contributed by atoms with Gasteiger partial charge >= 0.3 is 0 Å². The van der Waals surface area contributed by atoms with Crippen molar-refractivity contribution in [3.8, 4) is 0 Å². The zero-order valence-corrected chi connectivity index (χ0v) is 20.4. The molecule has 0 aliphatic rings. The lowest BCUT2D eigenvalue weighted by Crippen LogP contribution is -2.50. The van der Waals surface area contributed by atoms with Gasteiger partial charge in [0.1, 0.15) is 0 Å². The van der Waals surface area contributed by atoms with Gasteiger partial charge in [0, 0.05) is 35.4 Å². The van der Waals surface area contributed by atoms with Crippen molar-refractivity contribution in [1.29, 1.82) is 0 Å². The van der Waals surface area contributed by atoms with E-state index in [1.165, 1.54) is 11.1 Å². The maximum absolute atomic E-state index is 6.74. The fourth-order valence-corrected chi connectivity index (χ4v) is 5.06. The summed E-state index contributed by atoms with van der Waals surface area (Å²) in [5, 5.41) is 1.38. The zero-order valence-electron chi connectivity index (χ0n) is 18.9. The van der Waals surface area contributed by atoms with Crippen LogP contribution in [0.4, 0.5) is 0 Å². The van der Waals surface area contributed by atoms with Gasteiger partial charge in [-0.2, -0.15) is 0 Å². The molecule has 1 heterocycles. The van der Waals surface area contributed by atoms with Gasteiger partial charge in [-0.1, -0.05) is 103 Å². The number of hydrogen-bond donors (Lipinski definition) is 0. The Morgan fingerprint density at radius 2 is 1.45 bits per heavy atom. The van der Waals surface area contributed by atoms with E-state index in [-0.39, 0.29) is 0 Å². The first-order chi connectivity index (χ1) is 16.1. The lowest BCUT2D eigenvalue weighted by molar-refractivity contribution is 0.0814. The Morgan fingerprint density at radius 3 is 1.97 bits per heavy atom. The summed E-state index contributed by atoms with van der Waals surface area (Å²) in [5.74, 6) is 0. The normalized spacial score (nSPS) is 11.8. The highest BCUT2D eigenvalue weighted by Crippen LogP contribution is 2.42. The molecule has 3 aromatic carbocycles. The minimum absolute atomic E-state index is 0.476. The summed E-state index contributed by atoms with van der Waals surface area (Å²) in [7, 11) is 0. The minimum atomic E-state index is -0.476. The number of halogens is 2. The third kappa shape index (κ3) is 5.16. The minimum Gasteiger partial charge on any atom is -0.324 e. The van der Waals surface area contributed by atoms with Crippen molar-refractivity contribution in [3.63, 3.8) is 0 Å². The third-order valence-corrected chi connectivity index (χ3v) is 6.92. The van der Waals surface area contributed by atoms with Gasteiger partial charge in [0.15, 0.2) is 0 Å². The largest absolute Gasteiger partial charge is 0.324 e. The molecule has 5 heteroatoms. The molecular weight excluding hydrogens is 449 g/mol. The molecule has 0 bridgehead atoms. The van der Waals surface area contributed by atoms with Gasteiger partial charge in [-0.05, 0) is 35.2 Å². The monoisotopic (exact) mass is 477 g/mol. The van der Waals surface area contributed by atoms with Crippen LogP contribution in [0.5, 0.6) is 0 Å². The molecule has 0 saturated heterocycles. The maximum Gasteiger partial charge on any atom is 0.0956 e. The highest BCUT2D eigenvalue weighted by molar-refractivity contribution is 6.36. The van der Waals surface area contributed by atoms with Gasteiger partial charge in [-0.15, -0.1) is 0 Å². The van der Waals surface area contributed by atoms with Crippen LogP contribution in [-0.2, 0) is 18.6 Å². The predicted octanol–water partition coefficient (Wildman–Crippen LogP) is 7.44. The van der Waals surface area contributed by atoms with Gasteiger partial charge in [0.05, 0.1) is 18.5 Å². The molecule has 170 valence electrons. The van der Waals surface area contributed by atoms with E-state index in [0.29, 0.717) is 23.1 Å². The number of unbranched alkanes of at least 4 members (excludes halogenated alkanes) is 1. The molecule has 0 unspecified atom stereocenters. The number of imidazole rings is 1. The molecule has 0 aliphatic heterocycles. The number of hydrogen-bond acceptors (Lipinski definition) is 2. The SMILES string of the molecule is CCCCN(Cn1ccnc1)C(Cc1c(Cl)cccc1Cl)(c1ccccc1)c1ccccc1. The predicted molar refractivity (Wildman–Crippen MR) is 138 cm³/mol. The van der Waals surface area contributed by atoms with Crippen molar-refractivity contribution >= 4 is 23.2 Å². The highest BCUT2D eigenvalue weighted by Gasteiger charge is 2.41. The average molecular weight is 478 g/mol. The first-order valence-electron chi connectivity index (χ1n) is 11.4. The summed E-state index contributed by atoms with van der Waals surface area (Å²) in [4.78, 5) is 6.83. The second-order valence-corrected chi connectivity index (χ2v) is 9.12. The van der Waals surface area contributed by atoms with Gasteiger partial charge in [-0.3, -0.25) is 4.90 Å². The van der Waals surface area contributed by atoms with Crippen molar-refractivity contribution < 1.29 is 0 Å². The van der Waals surface area contributed by atoms with E-state index in [1.54, 1.807) is 0 Å². The summed E-state index contributed by atoms with van der Waals surface area (Å²) in [5.41, 5.74) is 2.91. The third-order valence-electron chi connectivity index (χ3n) is 6.21. The van der Waals surface area contributed by atoms with Crippen LogP contribution in [-0.4, -0.2) is 21.0 Å². The second kappa shape index (κ2) is 11.0. The Balaban J connectivity index is 1.97. The molecule has 4 rings (SSSR count). The highest BCUT2D eigenvalue weighted by atomic mass is 35.5. The molecule has 3 nitrogen and oxygen atoms in total. The van der Waals surface area contributed by atoms with Crippen LogP contribution in [0.1, 0.15) is 36.5 Å². The molecule has 0 amide bonds. The Morgan fingerprint density at radius 1 is 0.848 bits per heavy atom. The Hall–Kier alpha value is -2.59. The summed E-state index contributed by atoms with van der Waals surface area (Å²) in [6.07, 6.45) is 8.55. The van der Waals surface area contributed by atoms with Gasteiger partial charge in [0.25, 0.3) is 0 Å². The maximum atomic E-state index is 6.74. The van der Waals surface area contributed by atoms with E-state index in [2.05, 4.69) is 82.0 Å². The van der Waals surface area contributed by atoms with E-state index in [4.69, 9.17) is 23.2 Å². The van der Waals surface area contributed by atoms with Crippen molar-refractivity contribution in [2.24, 2.45) is 0 Å². The van der Waals surface area contributed by atoms with E-state index in [0.717, 1.165) is 24.9 Å². The fraction of sp³-hybridized carbons (Fsp3) is 0.250. The summed E-state index contributed by atoms with van der Waals surface area (Å²) in [6, 6.07) is 27.2. The smallest absolute Gasteiger partial charge is 0.0956 e. The van der Waals surface area contributed by atoms with Crippen molar-refractivity contribution in [2.45, 2.75) is 38.4 Å². The second-order valence-electron chi connectivity index (χ2n) is 8.30. The molecule has 0 N–H and O–H groups in total. The molecule has 33 heavy (non-hydrogen) atoms. The van der Waals surface area contributed by atoms with Crippen LogP contribution in [0, 0.1) is 0 Å². The Bertz CT molecular complexity index is 1070. The van der Waals surface area contributed by atoms with Crippen molar-refractivity contribution in [2.75, 3.05) is 6.54 Å². The number of rotatable bonds is 10. The van der Waals surface area contributed by atoms with Crippen LogP contribution in [0.15, 0.2) is 97.6 Å². The number of benzene rings is 3. The topological polar surface area (TPSA) is 21.1 Å². The fourth-order valence-electron chi connectivity index (χ4n) is 4.53. The Kier molecular flexibility index (Phi) is 7.87. The number of aromatic nitrogens is 2. The first-order valence-corrected chi connectivity index (χ1v) is 12.2. The Labute approximate surface area is 206 Å². The van der Waals surface area contributed by atoms with E-state index in [9.17, 15) is 0 Å². The molecule has 0 saturated carbocycles. The van der Waals surface area contributed by atoms with Crippen molar-refractivity contribution in [1.82, 2.24) is 14.5 Å². The van der Waals surface area contributed by atoms with Crippen LogP contribution < -0.4 is 0 Å². The molecule has 1 aromatic heterocycles. The summed E-state index contributed by atoms with van der Waals surface area (Å²) < 4.78 is 2.13. The standard InChI is InChI=1S/C28H29Cl2N3/c1-2-3-18-33(22-32-19-17-31-21-32)28(23-11-6-4-7-12-23,24-13-8-5-9-14-24)20-25-26(29)15-10-16-27(25)30/h4-17,19,21H,2-3,18,20,22H2,1H3. The quantitative estimate of drug-likeness (QED) is 0.236. The average Bonchev–Trinajstić information content (AvgIpc) is 3.36. The van der Waals surface area contributed by atoms with E-state index in [1.807, 2.05) is 36.9 Å². The molecule has 0 radical (unpaired) electrons. The van der Waals surface area contributed by atoms with E-state index < -0.39 is 5.54 Å². The molecule has 0 fully saturated rings. The van der Waals surface area contributed by atoms with Crippen molar-refractivity contribution in [3.05, 3.63) is 124 Å². The zero-order chi connectivity index (χ0) is 23.1. The summed E-state index contributed by atoms with van der Waals surface area (Å²) in [6.45, 7) is 3.85. The molecule has 4 aromatic rings. The molecule has 0 atom stereocenters. The van der Waals surface area contributed by atoms with Crippen LogP contribution in [0.3, 0.4) is 0 Å². The number of nitrogens with zero attached hydrogens (tertiary/aromatic N) is 3. The lowest BCUT2D eigenvalue weighted by atomic mass is 9.76. The molecule has 0 aliphatic carbocycles.